The van der Waals surface area contributed by atoms with Crippen molar-refractivity contribution in [3.05, 3.63) is 41.7 Å². The number of carbonyl (C=O) groups excluding carboxylic acids is 1. The molecule has 1 fully saturated rings. The largest absolute Gasteiger partial charge is 0.468 e. The van der Waals surface area contributed by atoms with Crippen LogP contribution in [0.5, 0.6) is 0 Å². The van der Waals surface area contributed by atoms with Gasteiger partial charge in [0, 0.05) is 13.1 Å². The second-order valence-electron chi connectivity index (χ2n) is 5.10. The van der Waals surface area contributed by atoms with E-state index in [1.807, 2.05) is 6.08 Å². The van der Waals surface area contributed by atoms with Crippen molar-refractivity contribution in [1.29, 1.82) is 0 Å². The molecule has 0 amide bonds. The maximum absolute atomic E-state index is 12.8. The van der Waals surface area contributed by atoms with Gasteiger partial charge in [0.15, 0.2) is 9.84 Å². The molecular formula is C15H18FNO4S. The predicted octanol–water partition coefficient (Wildman–Crippen LogP) is 1.11. The first-order chi connectivity index (χ1) is 10.4. The van der Waals surface area contributed by atoms with Gasteiger partial charge in [-0.05, 0) is 17.7 Å². The summed E-state index contributed by atoms with van der Waals surface area (Å²) in [7, 11) is -1.96. The predicted molar refractivity (Wildman–Crippen MR) is 81.5 cm³/mol. The van der Waals surface area contributed by atoms with E-state index in [-0.39, 0.29) is 23.9 Å². The molecule has 1 atom stereocenters. The number of rotatable bonds is 4. The van der Waals surface area contributed by atoms with Crippen molar-refractivity contribution in [2.24, 2.45) is 0 Å². The zero-order valence-electron chi connectivity index (χ0n) is 12.2. The lowest BCUT2D eigenvalue weighted by Gasteiger charge is -2.32. The highest BCUT2D eigenvalue weighted by Gasteiger charge is 2.35. The number of nitrogens with zero attached hydrogens (tertiary/aromatic N) is 1. The van der Waals surface area contributed by atoms with Gasteiger partial charge >= 0.3 is 5.97 Å². The lowest BCUT2D eigenvalue weighted by Crippen LogP contribution is -2.52. The molecule has 1 aromatic carbocycles. The van der Waals surface area contributed by atoms with E-state index in [1.54, 1.807) is 23.1 Å². The van der Waals surface area contributed by atoms with E-state index in [1.165, 1.54) is 19.2 Å². The summed E-state index contributed by atoms with van der Waals surface area (Å²) in [5, 5.41) is 0. The van der Waals surface area contributed by atoms with Gasteiger partial charge in [0.25, 0.3) is 0 Å². The third-order valence-corrected chi connectivity index (χ3v) is 5.16. The number of hydrogen-bond acceptors (Lipinski definition) is 5. The highest BCUT2D eigenvalue weighted by atomic mass is 32.2. The molecule has 1 heterocycles. The number of methoxy groups -OCH3 is 1. The van der Waals surface area contributed by atoms with Crippen molar-refractivity contribution in [2.45, 2.75) is 6.04 Å². The summed E-state index contributed by atoms with van der Waals surface area (Å²) in [6, 6.07) is 5.24. The molecule has 0 aliphatic carbocycles. The summed E-state index contributed by atoms with van der Waals surface area (Å²) in [6.07, 6.45) is 3.62. The Balaban J connectivity index is 2.03. The van der Waals surface area contributed by atoms with Gasteiger partial charge in [-0.1, -0.05) is 24.3 Å². The molecule has 0 aromatic heterocycles. The quantitative estimate of drug-likeness (QED) is 0.775. The van der Waals surface area contributed by atoms with E-state index in [2.05, 4.69) is 4.74 Å². The SMILES string of the molecule is COC(=O)C1CS(=O)(=O)CCN1C/C=C/c1ccc(F)cc1. The Kier molecular flexibility index (Phi) is 5.31. The lowest BCUT2D eigenvalue weighted by molar-refractivity contribution is -0.146. The molecule has 1 unspecified atom stereocenters. The van der Waals surface area contributed by atoms with Crippen LogP contribution in [-0.4, -0.2) is 57.0 Å². The summed E-state index contributed by atoms with van der Waals surface area (Å²) < 4.78 is 40.8. The molecule has 0 radical (unpaired) electrons. The molecule has 1 aliphatic heterocycles. The van der Waals surface area contributed by atoms with Gasteiger partial charge in [-0.15, -0.1) is 0 Å². The molecule has 0 N–H and O–H groups in total. The molecule has 2 rings (SSSR count). The first kappa shape index (κ1) is 16.6. The van der Waals surface area contributed by atoms with Crippen molar-refractivity contribution in [1.82, 2.24) is 4.90 Å². The minimum absolute atomic E-state index is 0.0326. The Bertz CT molecular complexity index is 655. The van der Waals surface area contributed by atoms with E-state index in [0.29, 0.717) is 6.54 Å². The molecule has 0 bridgehead atoms. The van der Waals surface area contributed by atoms with Crippen LogP contribution in [0.4, 0.5) is 4.39 Å². The number of esters is 1. The molecule has 1 aromatic rings. The highest BCUT2D eigenvalue weighted by molar-refractivity contribution is 7.91. The smallest absolute Gasteiger partial charge is 0.324 e. The summed E-state index contributed by atoms with van der Waals surface area (Å²) in [6.45, 7) is 0.711. The molecule has 1 aliphatic rings. The van der Waals surface area contributed by atoms with Crippen LogP contribution in [0, 0.1) is 5.82 Å². The van der Waals surface area contributed by atoms with Crippen LogP contribution >= 0.6 is 0 Å². The zero-order valence-corrected chi connectivity index (χ0v) is 13.1. The standard InChI is InChI=1S/C15H18FNO4S/c1-21-15(18)14-11-22(19,20)10-9-17(14)8-2-3-12-4-6-13(16)7-5-12/h2-7,14H,8-11H2,1H3/b3-2+. The van der Waals surface area contributed by atoms with E-state index in [4.69, 9.17) is 0 Å². The maximum atomic E-state index is 12.8. The van der Waals surface area contributed by atoms with E-state index >= 15 is 0 Å². The number of ether oxygens (including phenoxy) is 1. The second kappa shape index (κ2) is 7.02. The first-order valence-electron chi connectivity index (χ1n) is 6.86. The topological polar surface area (TPSA) is 63.7 Å². The third-order valence-electron chi connectivity index (χ3n) is 3.54. The normalized spacial score (nSPS) is 21.8. The Morgan fingerprint density at radius 1 is 1.41 bits per heavy atom. The highest BCUT2D eigenvalue weighted by Crippen LogP contribution is 2.14. The molecule has 7 heteroatoms. The van der Waals surface area contributed by atoms with Gasteiger partial charge in [0.1, 0.15) is 11.9 Å². The molecule has 0 spiro atoms. The average Bonchev–Trinajstić information content (AvgIpc) is 2.49. The fraction of sp³-hybridized carbons (Fsp3) is 0.400. The Morgan fingerprint density at radius 3 is 2.73 bits per heavy atom. The molecule has 5 nitrogen and oxygen atoms in total. The van der Waals surface area contributed by atoms with Gasteiger partial charge in [0.05, 0.1) is 18.6 Å². The number of hydrogen-bond donors (Lipinski definition) is 0. The third kappa shape index (κ3) is 4.38. The summed E-state index contributed by atoms with van der Waals surface area (Å²) in [4.78, 5) is 13.5. The fourth-order valence-electron chi connectivity index (χ4n) is 2.31. The maximum Gasteiger partial charge on any atom is 0.324 e. The van der Waals surface area contributed by atoms with E-state index < -0.39 is 21.8 Å². The van der Waals surface area contributed by atoms with Crippen molar-refractivity contribution in [2.75, 3.05) is 31.7 Å². The first-order valence-corrected chi connectivity index (χ1v) is 8.68. The number of sulfone groups is 1. The van der Waals surface area contributed by atoms with Gasteiger partial charge in [-0.25, -0.2) is 12.8 Å². The van der Waals surface area contributed by atoms with Gasteiger partial charge < -0.3 is 4.74 Å². The van der Waals surface area contributed by atoms with Crippen molar-refractivity contribution in [3.63, 3.8) is 0 Å². The van der Waals surface area contributed by atoms with Crippen molar-refractivity contribution >= 4 is 21.9 Å². The number of halogens is 1. The number of benzene rings is 1. The molecule has 1 saturated heterocycles. The number of carbonyl (C=O) groups is 1. The van der Waals surface area contributed by atoms with E-state index in [0.717, 1.165) is 5.56 Å². The van der Waals surface area contributed by atoms with Crippen LogP contribution in [0.25, 0.3) is 6.08 Å². The van der Waals surface area contributed by atoms with Crippen molar-refractivity contribution in [3.8, 4) is 0 Å². The monoisotopic (exact) mass is 327 g/mol. The van der Waals surface area contributed by atoms with Crippen LogP contribution < -0.4 is 0 Å². The molecule has 120 valence electrons. The Hall–Kier alpha value is -1.73. The Morgan fingerprint density at radius 2 is 2.09 bits per heavy atom. The molecule has 0 saturated carbocycles. The van der Waals surface area contributed by atoms with Gasteiger partial charge in [-0.2, -0.15) is 0 Å². The van der Waals surface area contributed by atoms with Crippen LogP contribution in [-0.2, 0) is 19.4 Å². The Labute approximate surface area is 129 Å². The minimum atomic E-state index is -3.21. The zero-order chi connectivity index (χ0) is 16.2. The minimum Gasteiger partial charge on any atom is -0.468 e. The summed E-state index contributed by atoms with van der Waals surface area (Å²) >= 11 is 0. The molecule has 22 heavy (non-hydrogen) atoms. The molecular weight excluding hydrogens is 309 g/mol. The van der Waals surface area contributed by atoms with E-state index in [9.17, 15) is 17.6 Å². The summed E-state index contributed by atoms with van der Waals surface area (Å²) in [5.41, 5.74) is 0.834. The van der Waals surface area contributed by atoms with Gasteiger partial charge in [-0.3, -0.25) is 9.69 Å². The van der Waals surface area contributed by atoms with Crippen LogP contribution in [0.2, 0.25) is 0 Å². The van der Waals surface area contributed by atoms with Crippen LogP contribution in [0.1, 0.15) is 5.56 Å². The summed E-state index contributed by atoms with van der Waals surface area (Å²) in [5.74, 6) is -1.03. The second-order valence-corrected chi connectivity index (χ2v) is 7.33. The van der Waals surface area contributed by atoms with Gasteiger partial charge in [0.2, 0.25) is 0 Å². The average molecular weight is 327 g/mol. The van der Waals surface area contributed by atoms with Crippen LogP contribution in [0.15, 0.2) is 30.3 Å². The van der Waals surface area contributed by atoms with Crippen LogP contribution in [0.3, 0.4) is 0 Å². The lowest BCUT2D eigenvalue weighted by atomic mass is 10.2. The fourth-order valence-corrected chi connectivity index (χ4v) is 3.82. The van der Waals surface area contributed by atoms with Crippen molar-refractivity contribution < 1.29 is 22.3 Å².